The molecule has 2 fully saturated rings. The summed E-state index contributed by atoms with van der Waals surface area (Å²) < 4.78 is 2.01. The molecule has 0 amide bonds. The van der Waals surface area contributed by atoms with Gasteiger partial charge in [-0.15, -0.1) is 5.10 Å². The molecule has 0 aliphatic heterocycles. The van der Waals surface area contributed by atoms with E-state index in [1.807, 2.05) is 4.68 Å². The van der Waals surface area contributed by atoms with Crippen molar-refractivity contribution in [3.05, 3.63) is 0 Å². The molecule has 3 unspecified atom stereocenters. The molecule has 108 valence electrons. The fourth-order valence-electron chi connectivity index (χ4n) is 3.38. The van der Waals surface area contributed by atoms with E-state index < -0.39 is 0 Å². The molecule has 20 heavy (non-hydrogen) atoms. The first-order chi connectivity index (χ1) is 9.78. The quantitative estimate of drug-likeness (QED) is 0.855. The van der Waals surface area contributed by atoms with Crippen LogP contribution < -0.4 is 0 Å². The van der Waals surface area contributed by atoms with Crippen LogP contribution in [0.1, 0.15) is 57.9 Å². The van der Waals surface area contributed by atoms with Crippen molar-refractivity contribution in [2.75, 3.05) is 0 Å². The summed E-state index contributed by atoms with van der Waals surface area (Å²) in [5, 5.41) is 22.8. The summed E-state index contributed by atoms with van der Waals surface area (Å²) in [6.07, 6.45) is 8.19. The minimum atomic E-state index is 0.143. The van der Waals surface area contributed by atoms with Crippen LogP contribution in [-0.2, 0) is 0 Å². The predicted molar refractivity (Wildman–Crippen MR) is 77.1 cm³/mol. The van der Waals surface area contributed by atoms with E-state index in [1.165, 1.54) is 32.1 Å². The topological polar surface area (TPSA) is 67.4 Å². The van der Waals surface area contributed by atoms with E-state index >= 15 is 0 Å². The Morgan fingerprint density at radius 3 is 2.80 bits per heavy atom. The lowest BCUT2D eigenvalue weighted by Gasteiger charge is -2.30. The first-order valence-electron chi connectivity index (χ1n) is 7.62. The molecule has 5 nitrogen and oxygen atoms in total. The Morgan fingerprint density at radius 2 is 2.05 bits per heavy atom. The van der Waals surface area contributed by atoms with Crippen LogP contribution in [0.3, 0.4) is 0 Å². The summed E-state index contributed by atoms with van der Waals surface area (Å²) in [6.45, 7) is 2.28. The summed E-state index contributed by atoms with van der Waals surface area (Å²) in [7, 11) is 0. The number of aromatic nitrogens is 4. The fraction of sp³-hybridized carbons (Fsp3) is 0.857. The Hall–Kier alpha value is -1.09. The maximum atomic E-state index is 9.34. The van der Waals surface area contributed by atoms with Gasteiger partial charge in [0.2, 0.25) is 5.16 Å². The van der Waals surface area contributed by atoms with Gasteiger partial charge in [0.15, 0.2) is 0 Å². The van der Waals surface area contributed by atoms with E-state index in [0.29, 0.717) is 17.2 Å². The van der Waals surface area contributed by atoms with Gasteiger partial charge in [-0.2, -0.15) is 5.26 Å². The highest BCUT2D eigenvalue weighted by molar-refractivity contribution is 7.99. The van der Waals surface area contributed by atoms with Crippen molar-refractivity contribution in [2.45, 2.75) is 68.3 Å². The number of thioether (sulfide) groups is 1. The van der Waals surface area contributed by atoms with Gasteiger partial charge in [-0.3, -0.25) is 0 Å². The van der Waals surface area contributed by atoms with Crippen LogP contribution in [0.25, 0.3) is 0 Å². The van der Waals surface area contributed by atoms with E-state index in [4.69, 9.17) is 0 Å². The predicted octanol–water partition coefficient (Wildman–Crippen LogP) is 3.21. The number of hydrogen-bond donors (Lipinski definition) is 0. The first kappa shape index (κ1) is 13.9. The number of nitrogens with zero attached hydrogens (tertiary/aromatic N) is 5. The van der Waals surface area contributed by atoms with Gasteiger partial charge in [0.05, 0.1) is 18.0 Å². The Morgan fingerprint density at radius 1 is 1.25 bits per heavy atom. The standard InChI is InChI=1S/C14H21N5S/c1-10-6-7-11(9-15)13(8-10)20-14-16-17-18-19(14)12-4-2-3-5-12/h10-13H,2-8H2,1H3. The van der Waals surface area contributed by atoms with Crippen LogP contribution >= 0.6 is 11.8 Å². The average Bonchev–Trinajstić information content (AvgIpc) is 3.09. The van der Waals surface area contributed by atoms with Crippen LogP contribution in [0.4, 0.5) is 0 Å². The summed E-state index contributed by atoms with van der Waals surface area (Å²) >= 11 is 1.73. The molecule has 3 atom stereocenters. The second-order valence-electron chi connectivity index (χ2n) is 6.15. The Kier molecular flexibility index (Phi) is 4.25. The van der Waals surface area contributed by atoms with Crippen molar-refractivity contribution < 1.29 is 0 Å². The van der Waals surface area contributed by atoms with Crippen LogP contribution in [0.2, 0.25) is 0 Å². The highest BCUT2D eigenvalue weighted by Crippen LogP contribution is 2.40. The highest BCUT2D eigenvalue weighted by atomic mass is 32.2. The number of rotatable bonds is 3. The van der Waals surface area contributed by atoms with E-state index in [2.05, 4.69) is 28.5 Å². The molecule has 0 N–H and O–H groups in total. The molecule has 2 saturated carbocycles. The average molecular weight is 291 g/mol. The van der Waals surface area contributed by atoms with E-state index in [1.54, 1.807) is 11.8 Å². The maximum absolute atomic E-state index is 9.34. The monoisotopic (exact) mass is 291 g/mol. The molecule has 0 saturated heterocycles. The molecule has 1 heterocycles. The van der Waals surface area contributed by atoms with Crippen LogP contribution in [-0.4, -0.2) is 25.5 Å². The lowest BCUT2D eigenvalue weighted by molar-refractivity contribution is 0.344. The van der Waals surface area contributed by atoms with Crippen molar-refractivity contribution >= 4 is 11.8 Å². The second kappa shape index (κ2) is 6.13. The Bertz CT molecular complexity index is 488. The molecule has 2 aliphatic rings. The van der Waals surface area contributed by atoms with Gasteiger partial charge < -0.3 is 0 Å². The summed E-state index contributed by atoms with van der Waals surface area (Å²) in [5.74, 6) is 0.845. The number of hydrogen-bond acceptors (Lipinski definition) is 5. The molecule has 0 aromatic carbocycles. The van der Waals surface area contributed by atoms with Gasteiger partial charge in [0, 0.05) is 5.25 Å². The SMILES string of the molecule is CC1CCC(C#N)C(Sc2nnnn2C2CCCC2)C1. The zero-order valence-corrected chi connectivity index (χ0v) is 12.7. The van der Waals surface area contributed by atoms with Crippen molar-refractivity contribution in [2.24, 2.45) is 11.8 Å². The van der Waals surface area contributed by atoms with Crippen LogP contribution in [0.5, 0.6) is 0 Å². The summed E-state index contributed by atoms with van der Waals surface area (Å²) in [6, 6.07) is 2.94. The lowest BCUT2D eigenvalue weighted by atomic mass is 9.83. The molecule has 0 spiro atoms. The number of nitriles is 1. The van der Waals surface area contributed by atoms with Crippen LogP contribution in [0, 0.1) is 23.2 Å². The number of tetrazole rings is 1. The molecule has 2 aliphatic carbocycles. The summed E-state index contributed by atoms with van der Waals surface area (Å²) in [4.78, 5) is 0. The second-order valence-corrected chi connectivity index (χ2v) is 7.36. The molecule has 1 aromatic heterocycles. The fourth-order valence-corrected chi connectivity index (χ4v) is 4.82. The van der Waals surface area contributed by atoms with E-state index in [9.17, 15) is 5.26 Å². The van der Waals surface area contributed by atoms with Crippen LogP contribution in [0.15, 0.2) is 5.16 Å². The van der Waals surface area contributed by atoms with Gasteiger partial charge in [-0.25, -0.2) is 4.68 Å². The van der Waals surface area contributed by atoms with Crippen molar-refractivity contribution in [3.63, 3.8) is 0 Å². The van der Waals surface area contributed by atoms with Crippen molar-refractivity contribution in [1.29, 1.82) is 5.26 Å². The molecular formula is C14H21N5S. The molecule has 0 radical (unpaired) electrons. The Labute approximate surface area is 124 Å². The van der Waals surface area contributed by atoms with Gasteiger partial charge in [-0.1, -0.05) is 31.5 Å². The van der Waals surface area contributed by atoms with Gasteiger partial charge >= 0.3 is 0 Å². The third-order valence-corrected chi connectivity index (χ3v) is 5.91. The highest BCUT2D eigenvalue weighted by Gasteiger charge is 2.32. The van der Waals surface area contributed by atoms with E-state index in [0.717, 1.165) is 18.0 Å². The minimum absolute atomic E-state index is 0.143. The minimum Gasteiger partial charge on any atom is -0.217 e. The summed E-state index contributed by atoms with van der Waals surface area (Å²) in [5.41, 5.74) is 0. The molecule has 3 rings (SSSR count). The first-order valence-corrected chi connectivity index (χ1v) is 8.50. The zero-order chi connectivity index (χ0) is 13.9. The molecule has 0 bridgehead atoms. The zero-order valence-electron chi connectivity index (χ0n) is 11.9. The molecule has 1 aromatic rings. The lowest BCUT2D eigenvalue weighted by Crippen LogP contribution is -2.25. The van der Waals surface area contributed by atoms with E-state index in [-0.39, 0.29) is 5.92 Å². The third kappa shape index (κ3) is 2.83. The molecule has 6 heteroatoms. The third-order valence-electron chi connectivity index (χ3n) is 4.61. The van der Waals surface area contributed by atoms with Gasteiger partial charge in [0.1, 0.15) is 0 Å². The Balaban J connectivity index is 1.73. The van der Waals surface area contributed by atoms with Crippen molar-refractivity contribution in [1.82, 2.24) is 20.2 Å². The molecular weight excluding hydrogens is 270 g/mol. The van der Waals surface area contributed by atoms with Gasteiger partial charge in [-0.05, 0) is 48.4 Å². The van der Waals surface area contributed by atoms with Crippen molar-refractivity contribution in [3.8, 4) is 6.07 Å². The maximum Gasteiger partial charge on any atom is 0.209 e. The largest absolute Gasteiger partial charge is 0.217 e. The smallest absolute Gasteiger partial charge is 0.209 e. The normalized spacial score (nSPS) is 31.3. The van der Waals surface area contributed by atoms with Gasteiger partial charge in [0.25, 0.3) is 0 Å².